The first kappa shape index (κ1) is 22.6. The number of piperidine rings is 1. The highest BCUT2D eigenvalue weighted by molar-refractivity contribution is 6.09. The number of carbonyl (C=O) groups excluding carboxylic acids is 2. The lowest BCUT2D eigenvalue weighted by Crippen LogP contribution is -2.34. The Morgan fingerprint density at radius 1 is 1.21 bits per heavy atom. The molecule has 0 spiro atoms. The molecule has 1 amide bonds. The van der Waals surface area contributed by atoms with Crippen LogP contribution < -0.4 is 5.73 Å². The Labute approximate surface area is 192 Å². The number of aliphatic hydroxyl groups is 1. The van der Waals surface area contributed by atoms with Crippen molar-refractivity contribution in [3.8, 4) is 5.69 Å². The van der Waals surface area contributed by atoms with Crippen molar-refractivity contribution in [1.29, 1.82) is 0 Å². The highest BCUT2D eigenvalue weighted by Gasteiger charge is 2.25. The lowest BCUT2D eigenvalue weighted by atomic mass is 10.1. The third-order valence-electron chi connectivity index (χ3n) is 6.17. The van der Waals surface area contributed by atoms with Gasteiger partial charge in [0.2, 0.25) is 5.91 Å². The molecule has 3 aromatic rings. The van der Waals surface area contributed by atoms with Crippen LogP contribution in [0.4, 0.5) is 5.69 Å². The highest BCUT2D eigenvalue weighted by Crippen LogP contribution is 2.31. The Balaban J connectivity index is 1.83. The van der Waals surface area contributed by atoms with Crippen molar-refractivity contribution in [2.24, 2.45) is 5.73 Å². The number of rotatable bonds is 7. The summed E-state index contributed by atoms with van der Waals surface area (Å²) in [4.78, 5) is 34.9. The van der Waals surface area contributed by atoms with Crippen molar-refractivity contribution in [2.45, 2.75) is 38.7 Å². The number of aliphatic hydroxyl groups excluding tert-OH is 1. The molecule has 0 saturated carbocycles. The fraction of sp³-hybridized carbons (Fsp3) is 0.360. The molecule has 1 saturated heterocycles. The molecule has 3 N–H and O–H groups in total. The van der Waals surface area contributed by atoms with Crippen LogP contribution in [0.1, 0.15) is 53.4 Å². The zero-order valence-electron chi connectivity index (χ0n) is 18.6. The Kier molecular flexibility index (Phi) is 6.54. The van der Waals surface area contributed by atoms with Crippen LogP contribution >= 0.6 is 0 Å². The van der Waals surface area contributed by atoms with Gasteiger partial charge in [0, 0.05) is 23.1 Å². The second-order valence-corrected chi connectivity index (χ2v) is 8.51. The molecule has 1 aliphatic heterocycles. The zero-order valence-corrected chi connectivity index (χ0v) is 18.6. The number of ketones is 1. The van der Waals surface area contributed by atoms with Crippen molar-refractivity contribution in [1.82, 2.24) is 14.5 Å². The number of amides is 1. The minimum absolute atomic E-state index is 0.00821. The van der Waals surface area contributed by atoms with Crippen molar-refractivity contribution < 1.29 is 14.7 Å². The van der Waals surface area contributed by atoms with Gasteiger partial charge in [-0.2, -0.15) is 0 Å². The Hall–Kier alpha value is -3.54. The minimum Gasteiger partial charge on any atom is -0.388 e. The van der Waals surface area contributed by atoms with Crippen LogP contribution in [0.2, 0.25) is 0 Å². The first-order valence-corrected chi connectivity index (χ1v) is 11.1. The summed E-state index contributed by atoms with van der Waals surface area (Å²) in [7, 11) is 0. The summed E-state index contributed by atoms with van der Waals surface area (Å²) in [5.41, 5.74) is 9.52. The first-order chi connectivity index (χ1) is 15.9. The summed E-state index contributed by atoms with van der Waals surface area (Å²) in [6.07, 6.45) is 3.59. The van der Waals surface area contributed by atoms with E-state index in [1.807, 2.05) is 23.6 Å². The average molecular weight is 446 g/mol. The van der Waals surface area contributed by atoms with E-state index in [1.165, 1.54) is 12.6 Å². The number of likely N-dealkylation sites (tertiary alicyclic amines) is 1. The number of hydrogen-bond donors (Lipinski definition) is 2. The standard InChI is InChI=1S/C25H27N5O3/c1-16-24(22(32)15-29-10-4-3-5-11-29)25-20(12-17(14-28-25)21(31)13-23(26)33)30(16)19-8-6-18(27-2)7-9-19/h6-9,12,14,21,31H,3-5,10-11,13,15H2,1H3,(H2,26,33). The molecule has 8 heteroatoms. The van der Waals surface area contributed by atoms with Crippen LogP contribution in [0.25, 0.3) is 21.6 Å². The molecule has 0 bridgehead atoms. The van der Waals surface area contributed by atoms with Gasteiger partial charge >= 0.3 is 0 Å². The Morgan fingerprint density at radius 2 is 1.91 bits per heavy atom. The van der Waals surface area contributed by atoms with E-state index >= 15 is 0 Å². The van der Waals surface area contributed by atoms with Gasteiger partial charge in [0.05, 0.1) is 42.2 Å². The van der Waals surface area contributed by atoms with E-state index in [1.54, 1.807) is 18.2 Å². The SMILES string of the molecule is [C-]#[N+]c1ccc(-n2c(C)c(C(=O)CN3CCCCC3)c3ncc(C(O)CC(N)=O)cc32)cc1. The molecule has 3 heterocycles. The van der Waals surface area contributed by atoms with E-state index in [0.717, 1.165) is 37.3 Å². The van der Waals surface area contributed by atoms with Gasteiger partial charge in [-0.05, 0) is 51.1 Å². The molecule has 0 radical (unpaired) electrons. The highest BCUT2D eigenvalue weighted by atomic mass is 16.3. The van der Waals surface area contributed by atoms with Gasteiger partial charge in [-0.3, -0.25) is 19.5 Å². The van der Waals surface area contributed by atoms with Crippen LogP contribution in [0.3, 0.4) is 0 Å². The Morgan fingerprint density at radius 3 is 2.55 bits per heavy atom. The maximum Gasteiger partial charge on any atom is 0.220 e. The summed E-state index contributed by atoms with van der Waals surface area (Å²) in [5, 5.41) is 10.4. The summed E-state index contributed by atoms with van der Waals surface area (Å²) in [5.74, 6) is -0.602. The number of nitrogens with zero attached hydrogens (tertiary/aromatic N) is 4. The largest absolute Gasteiger partial charge is 0.388 e. The number of fused-ring (bicyclic) bond motifs is 1. The number of Topliss-reactive ketones (excluding diaryl/α,β-unsaturated/α-hetero) is 1. The van der Waals surface area contributed by atoms with Crippen LogP contribution in [-0.4, -0.2) is 50.9 Å². The number of primary amides is 1. The molecule has 1 fully saturated rings. The van der Waals surface area contributed by atoms with E-state index in [9.17, 15) is 14.7 Å². The lowest BCUT2D eigenvalue weighted by molar-refractivity contribution is -0.119. The van der Waals surface area contributed by atoms with Crippen LogP contribution in [0, 0.1) is 13.5 Å². The van der Waals surface area contributed by atoms with Gasteiger partial charge in [0.25, 0.3) is 0 Å². The molecule has 2 aromatic heterocycles. The normalized spacial score (nSPS) is 15.3. The molecule has 0 aliphatic carbocycles. The topological polar surface area (TPSA) is 106 Å². The van der Waals surface area contributed by atoms with E-state index in [4.69, 9.17) is 12.3 Å². The second kappa shape index (κ2) is 9.53. The van der Waals surface area contributed by atoms with Gasteiger partial charge in [-0.1, -0.05) is 18.6 Å². The molecule has 1 atom stereocenters. The molecule has 4 rings (SSSR count). The summed E-state index contributed by atoms with van der Waals surface area (Å²) in [6, 6.07) is 8.85. The lowest BCUT2D eigenvalue weighted by Gasteiger charge is -2.25. The molecular formula is C25H27N5O3. The maximum absolute atomic E-state index is 13.4. The van der Waals surface area contributed by atoms with Crippen molar-refractivity contribution >= 4 is 28.4 Å². The monoisotopic (exact) mass is 445 g/mol. The van der Waals surface area contributed by atoms with Crippen LogP contribution in [0.15, 0.2) is 36.5 Å². The number of hydrogen-bond acceptors (Lipinski definition) is 5. The Bertz CT molecular complexity index is 1230. The van der Waals surface area contributed by atoms with Gasteiger partial charge in [-0.25, -0.2) is 4.85 Å². The number of pyridine rings is 1. The number of nitrogens with two attached hydrogens (primary N) is 1. The average Bonchev–Trinajstić information content (AvgIpc) is 3.10. The zero-order chi connectivity index (χ0) is 23.5. The molecular weight excluding hydrogens is 418 g/mol. The predicted octanol–water partition coefficient (Wildman–Crippen LogP) is 3.46. The molecule has 8 nitrogen and oxygen atoms in total. The van der Waals surface area contributed by atoms with Gasteiger partial charge in [0.1, 0.15) is 0 Å². The minimum atomic E-state index is -1.08. The second-order valence-electron chi connectivity index (χ2n) is 8.51. The summed E-state index contributed by atoms with van der Waals surface area (Å²) >= 11 is 0. The van der Waals surface area contributed by atoms with Gasteiger partial charge in [-0.15, -0.1) is 0 Å². The molecule has 33 heavy (non-hydrogen) atoms. The van der Waals surface area contributed by atoms with Crippen molar-refractivity contribution in [2.75, 3.05) is 19.6 Å². The summed E-state index contributed by atoms with van der Waals surface area (Å²) in [6.45, 7) is 11.2. The van der Waals surface area contributed by atoms with Gasteiger partial charge in [0.15, 0.2) is 11.5 Å². The molecule has 170 valence electrons. The van der Waals surface area contributed by atoms with Crippen molar-refractivity contribution in [3.63, 3.8) is 0 Å². The third kappa shape index (κ3) is 4.65. The number of aromatic nitrogens is 2. The molecule has 1 aliphatic rings. The van der Waals surface area contributed by atoms with E-state index < -0.39 is 12.0 Å². The van der Waals surface area contributed by atoms with E-state index in [0.29, 0.717) is 34.4 Å². The predicted molar refractivity (Wildman–Crippen MR) is 125 cm³/mol. The summed E-state index contributed by atoms with van der Waals surface area (Å²) < 4.78 is 1.92. The van der Waals surface area contributed by atoms with Crippen LogP contribution in [-0.2, 0) is 4.79 Å². The molecule has 1 unspecified atom stereocenters. The van der Waals surface area contributed by atoms with Gasteiger partial charge < -0.3 is 15.4 Å². The number of benzene rings is 1. The fourth-order valence-electron chi connectivity index (χ4n) is 4.53. The quantitative estimate of drug-likeness (QED) is 0.428. The third-order valence-corrected chi connectivity index (χ3v) is 6.17. The van der Waals surface area contributed by atoms with Crippen molar-refractivity contribution in [3.05, 3.63) is 64.8 Å². The fourth-order valence-corrected chi connectivity index (χ4v) is 4.53. The smallest absolute Gasteiger partial charge is 0.220 e. The maximum atomic E-state index is 13.4. The van der Waals surface area contributed by atoms with Crippen LogP contribution in [0.5, 0.6) is 0 Å². The molecule has 1 aromatic carbocycles. The van der Waals surface area contributed by atoms with E-state index in [2.05, 4.69) is 14.7 Å². The number of carbonyl (C=O) groups is 2. The van der Waals surface area contributed by atoms with E-state index in [-0.39, 0.29) is 12.2 Å². The first-order valence-electron chi connectivity index (χ1n) is 11.1.